The summed E-state index contributed by atoms with van der Waals surface area (Å²) in [6.07, 6.45) is 3.58. The molecular weight excluding hydrogens is 295 g/mol. The summed E-state index contributed by atoms with van der Waals surface area (Å²) in [6, 6.07) is 0. The van der Waals surface area contributed by atoms with Crippen LogP contribution in [0.4, 0.5) is 0 Å². The van der Waals surface area contributed by atoms with E-state index in [1.807, 2.05) is 0 Å². The first-order valence-electron chi connectivity index (χ1n) is 5.30. The lowest BCUT2D eigenvalue weighted by atomic mass is 10.6. The highest BCUT2D eigenvalue weighted by Crippen LogP contribution is 2.59. The highest BCUT2D eigenvalue weighted by atomic mass is 32.2. The zero-order valence-corrected chi connectivity index (χ0v) is 13.7. The van der Waals surface area contributed by atoms with Crippen molar-refractivity contribution < 1.29 is 23.1 Å². The molecule has 18 heavy (non-hydrogen) atoms. The van der Waals surface area contributed by atoms with Crippen LogP contribution in [0.2, 0.25) is 0 Å². The fraction of sp³-hybridized carbons (Fsp3) is 0.700. The van der Waals surface area contributed by atoms with Crippen LogP contribution in [0, 0.1) is 0 Å². The molecule has 0 rings (SSSR count). The Labute approximate surface area is 117 Å². The fourth-order valence-corrected chi connectivity index (χ4v) is 5.18. The van der Waals surface area contributed by atoms with Crippen molar-refractivity contribution in [2.24, 2.45) is 0 Å². The normalized spacial score (nSPS) is 11.2. The molecule has 0 bridgehead atoms. The van der Waals surface area contributed by atoms with Crippen molar-refractivity contribution in [2.75, 3.05) is 32.8 Å². The van der Waals surface area contributed by atoms with Gasteiger partial charge in [-0.25, -0.2) is 4.79 Å². The molecular formula is C10H19O5PS2. The summed E-state index contributed by atoms with van der Waals surface area (Å²) in [5.41, 5.74) is 0. The van der Waals surface area contributed by atoms with E-state index in [1.54, 1.807) is 26.4 Å². The molecule has 0 aliphatic carbocycles. The standard InChI is InChI=1S/C10H19O5PS2/c1-6-14-16(12,15-7-2)8(9(11)13-3)10(17-4)18-5/h6-7H2,1-5H3. The molecule has 0 aliphatic rings. The summed E-state index contributed by atoms with van der Waals surface area (Å²) in [5, 5.41) is -0.0197. The van der Waals surface area contributed by atoms with Crippen molar-refractivity contribution in [3.05, 3.63) is 9.55 Å². The van der Waals surface area contributed by atoms with Gasteiger partial charge in [-0.1, -0.05) is 0 Å². The second kappa shape index (κ2) is 9.04. The largest absolute Gasteiger partial charge is 0.465 e. The Morgan fingerprint density at radius 1 is 1.11 bits per heavy atom. The van der Waals surface area contributed by atoms with Crippen LogP contribution < -0.4 is 0 Å². The fourth-order valence-electron chi connectivity index (χ4n) is 1.19. The van der Waals surface area contributed by atoms with Gasteiger partial charge in [-0.05, 0) is 26.4 Å². The zero-order chi connectivity index (χ0) is 14.2. The molecule has 0 aliphatic heterocycles. The summed E-state index contributed by atoms with van der Waals surface area (Å²) in [5.74, 6) is -0.682. The number of carbonyl (C=O) groups is 1. The Kier molecular flexibility index (Phi) is 9.07. The van der Waals surface area contributed by atoms with Crippen molar-refractivity contribution in [1.29, 1.82) is 0 Å². The average molecular weight is 314 g/mol. The predicted octanol–water partition coefficient (Wildman–Crippen LogP) is 3.32. The third kappa shape index (κ3) is 4.63. The lowest BCUT2D eigenvalue weighted by Crippen LogP contribution is -2.11. The highest BCUT2D eigenvalue weighted by Gasteiger charge is 2.38. The lowest BCUT2D eigenvalue weighted by Gasteiger charge is -2.20. The molecule has 0 saturated heterocycles. The van der Waals surface area contributed by atoms with Crippen molar-refractivity contribution in [3.8, 4) is 0 Å². The van der Waals surface area contributed by atoms with E-state index in [4.69, 9.17) is 9.05 Å². The topological polar surface area (TPSA) is 61.8 Å². The van der Waals surface area contributed by atoms with Crippen molar-refractivity contribution in [3.63, 3.8) is 0 Å². The quantitative estimate of drug-likeness (QED) is 0.387. The van der Waals surface area contributed by atoms with E-state index in [0.29, 0.717) is 4.24 Å². The van der Waals surface area contributed by atoms with Gasteiger partial charge in [0, 0.05) is 0 Å². The van der Waals surface area contributed by atoms with Crippen molar-refractivity contribution in [2.45, 2.75) is 13.8 Å². The average Bonchev–Trinajstić information content (AvgIpc) is 2.35. The van der Waals surface area contributed by atoms with Crippen LogP contribution in [0.3, 0.4) is 0 Å². The van der Waals surface area contributed by atoms with Gasteiger partial charge in [-0.3, -0.25) is 4.57 Å². The van der Waals surface area contributed by atoms with Gasteiger partial charge in [0.15, 0.2) is 5.31 Å². The Morgan fingerprint density at radius 2 is 1.56 bits per heavy atom. The summed E-state index contributed by atoms with van der Waals surface area (Å²) in [4.78, 5) is 11.8. The smallest absolute Gasteiger partial charge is 0.370 e. The van der Waals surface area contributed by atoms with E-state index >= 15 is 0 Å². The molecule has 0 saturated carbocycles. The van der Waals surface area contributed by atoms with Crippen molar-refractivity contribution in [1.82, 2.24) is 0 Å². The maximum absolute atomic E-state index is 12.6. The highest BCUT2D eigenvalue weighted by molar-refractivity contribution is 8.22. The number of ether oxygens (including phenoxy) is 1. The number of methoxy groups -OCH3 is 1. The molecule has 0 aromatic carbocycles. The van der Waals surface area contributed by atoms with Crippen LogP contribution >= 0.6 is 31.1 Å². The SMILES string of the molecule is CCOP(=O)(OCC)C(C(=O)OC)=C(SC)SC. The van der Waals surface area contributed by atoms with Gasteiger partial charge in [0.25, 0.3) is 0 Å². The molecule has 106 valence electrons. The third-order valence-corrected chi connectivity index (χ3v) is 6.42. The van der Waals surface area contributed by atoms with E-state index in [9.17, 15) is 9.36 Å². The summed E-state index contributed by atoms with van der Waals surface area (Å²) >= 11 is 2.62. The minimum Gasteiger partial charge on any atom is -0.465 e. The Balaban J connectivity index is 5.73. The Hall–Kier alpha value is 0.0600. The number of carbonyl (C=O) groups excluding carboxylic acids is 1. The van der Waals surface area contributed by atoms with E-state index < -0.39 is 13.6 Å². The summed E-state index contributed by atoms with van der Waals surface area (Å²) < 4.78 is 28.3. The van der Waals surface area contributed by atoms with Gasteiger partial charge in [-0.15, -0.1) is 23.5 Å². The molecule has 5 nitrogen and oxygen atoms in total. The van der Waals surface area contributed by atoms with E-state index in [2.05, 4.69) is 4.74 Å². The summed E-state index contributed by atoms with van der Waals surface area (Å²) in [6.45, 7) is 3.76. The van der Waals surface area contributed by atoms with Gasteiger partial charge in [-0.2, -0.15) is 0 Å². The van der Waals surface area contributed by atoms with Gasteiger partial charge in [0.05, 0.1) is 24.6 Å². The van der Waals surface area contributed by atoms with Crippen LogP contribution in [0.25, 0.3) is 0 Å². The molecule has 0 radical (unpaired) electrons. The number of rotatable bonds is 8. The molecule has 0 spiro atoms. The summed E-state index contributed by atoms with van der Waals surface area (Å²) in [7, 11) is -2.39. The molecule has 8 heteroatoms. The molecule has 0 N–H and O–H groups in total. The van der Waals surface area contributed by atoms with E-state index in [-0.39, 0.29) is 18.5 Å². The molecule has 0 atom stereocenters. The van der Waals surface area contributed by atoms with Crippen LogP contribution in [0.5, 0.6) is 0 Å². The minimum atomic E-state index is -3.63. The second-order valence-electron chi connectivity index (χ2n) is 2.87. The van der Waals surface area contributed by atoms with E-state index in [0.717, 1.165) is 0 Å². The van der Waals surface area contributed by atoms with Crippen molar-refractivity contribution >= 4 is 37.1 Å². The number of esters is 1. The molecule has 0 unspecified atom stereocenters. The van der Waals surface area contributed by atoms with Gasteiger partial charge >= 0.3 is 13.6 Å². The predicted molar refractivity (Wildman–Crippen MR) is 76.9 cm³/mol. The Bertz CT molecular complexity index is 340. The van der Waals surface area contributed by atoms with Gasteiger partial charge in [0.1, 0.15) is 0 Å². The van der Waals surface area contributed by atoms with Crippen LogP contribution in [0.15, 0.2) is 9.55 Å². The molecule has 0 aromatic heterocycles. The first kappa shape index (κ1) is 18.1. The Morgan fingerprint density at radius 3 is 1.83 bits per heavy atom. The molecule has 0 amide bonds. The van der Waals surface area contributed by atoms with Gasteiger partial charge < -0.3 is 13.8 Å². The first-order chi connectivity index (χ1) is 8.50. The minimum absolute atomic E-state index is 0.0197. The number of hydrogen-bond donors (Lipinski definition) is 0. The zero-order valence-electron chi connectivity index (χ0n) is 11.2. The third-order valence-electron chi connectivity index (χ3n) is 1.81. The molecule has 0 fully saturated rings. The maximum atomic E-state index is 12.6. The molecule has 0 aromatic rings. The molecule has 0 heterocycles. The second-order valence-corrected chi connectivity index (χ2v) is 6.72. The maximum Gasteiger partial charge on any atom is 0.370 e. The van der Waals surface area contributed by atoms with Crippen LogP contribution in [-0.2, 0) is 23.1 Å². The monoisotopic (exact) mass is 314 g/mol. The van der Waals surface area contributed by atoms with Gasteiger partial charge in [0.2, 0.25) is 0 Å². The van der Waals surface area contributed by atoms with Crippen LogP contribution in [0.1, 0.15) is 13.8 Å². The number of thioether (sulfide) groups is 2. The first-order valence-corrected chi connectivity index (χ1v) is 9.30. The number of hydrogen-bond acceptors (Lipinski definition) is 7. The lowest BCUT2D eigenvalue weighted by molar-refractivity contribution is -0.135. The van der Waals surface area contributed by atoms with E-state index in [1.165, 1.54) is 30.6 Å². The van der Waals surface area contributed by atoms with Crippen LogP contribution in [-0.4, -0.2) is 38.8 Å².